The smallest absolute Gasteiger partial charge is 0.344 e. The van der Waals surface area contributed by atoms with Crippen molar-refractivity contribution >= 4 is 22.6 Å². The van der Waals surface area contributed by atoms with Crippen LogP contribution in [0.2, 0.25) is 0 Å². The Hall–Kier alpha value is -4.00. The quantitative estimate of drug-likeness (QED) is 0.519. The number of benzene rings is 2. The molecule has 2 aromatic carbocycles. The molecule has 0 bridgehead atoms. The lowest BCUT2D eigenvalue weighted by atomic mass is 9.93. The van der Waals surface area contributed by atoms with E-state index >= 15 is 0 Å². The van der Waals surface area contributed by atoms with Crippen LogP contribution in [-0.4, -0.2) is 19.1 Å². The lowest BCUT2D eigenvalue weighted by molar-refractivity contribution is -0.122. The van der Waals surface area contributed by atoms with E-state index in [0.717, 1.165) is 0 Å². The van der Waals surface area contributed by atoms with E-state index in [1.807, 2.05) is 6.07 Å². The van der Waals surface area contributed by atoms with Gasteiger partial charge in [-0.3, -0.25) is 4.79 Å². The molecular weight excluding hydrogens is 386 g/mol. The van der Waals surface area contributed by atoms with E-state index in [0.29, 0.717) is 33.9 Å². The van der Waals surface area contributed by atoms with Gasteiger partial charge in [0.1, 0.15) is 22.8 Å². The number of ether oxygens (including phenoxy) is 2. The Bertz CT molecular complexity index is 1270. The third kappa shape index (κ3) is 2.91. The first-order valence-electron chi connectivity index (χ1n) is 9.36. The Morgan fingerprint density at radius 1 is 1.03 bits per heavy atom. The van der Waals surface area contributed by atoms with Crippen molar-refractivity contribution in [2.75, 3.05) is 12.4 Å². The highest BCUT2D eigenvalue weighted by Crippen LogP contribution is 2.44. The summed E-state index contributed by atoms with van der Waals surface area (Å²) in [7, 11) is 1.57. The first-order chi connectivity index (χ1) is 14.7. The van der Waals surface area contributed by atoms with Crippen LogP contribution >= 0.6 is 0 Å². The van der Waals surface area contributed by atoms with Gasteiger partial charge < -0.3 is 23.6 Å². The van der Waals surface area contributed by atoms with Crippen LogP contribution in [0.3, 0.4) is 0 Å². The van der Waals surface area contributed by atoms with Crippen LogP contribution < -0.4 is 20.4 Å². The molecule has 0 fully saturated rings. The summed E-state index contributed by atoms with van der Waals surface area (Å²) >= 11 is 0. The highest BCUT2D eigenvalue weighted by Gasteiger charge is 2.45. The van der Waals surface area contributed by atoms with Crippen LogP contribution in [0, 0.1) is 0 Å². The summed E-state index contributed by atoms with van der Waals surface area (Å²) in [6, 6.07) is 17.4. The van der Waals surface area contributed by atoms with Gasteiger partial charge in [0.15, 0.2) is 6.10 Å². The molecule has 150 valence electrons. The number of carbonyl (C=O) groups excluding carboxylic acids is 1. The Balaban J connectivity index is 1.57. The second kappa shape index (κ2) is 7.11. The van der Waals surface area contributed by atoms with Crippen molar-refractivity contribution in [3.05, 3.63) is 88.7 Å². The summed E-state index contributed by atoms with van der Waals surface area (Å²) < 4.78 is 22.2. The molecule has 0 unspecified atom stereocenters. The summed E-state index contributed by atoms with van der Waals surface area (Å²) in [6.07, 6.45) is 0.496. The number of fused-ring (bicyclic) bond motifs is 3. The van der Waals surface area contributed by atoms with E-state index in [9.17, 15) is 9.59 Å². The number of hydrogen-bond acceptors (Lipinski definition) is 6. The number of nitrogens with one attached hydrogen (secondary N) is 1. The molecular formula is C23H17NO6. The number of rotatable bonds is 4. The fourth-order valence-corrected chi connectivity index (χ4v) is 3.73. The zero-order chi connectivity index (χ0) is 20.7. The van der Waals surface area contributed by atoms with E-state index in [2.05, 4.69) is 5.32 Å². The lowest BCUT2D eigenvalue weighted by Crippen LogP contribution is -2.35. The summed E-state index contributed by atoms with van der Waals surface area (Å²) in [5.41, 5.74) is 0.703. The maximum atomic E-state index is 13.1. The second-order valence-corrected chi connectivity index (χ2v) is 6.88. The van der Waals surface area contributed by atoms with Crippen LogP contribution in [0.5, 0.6) is 11.5 Å². The molecule has 0 saturated heterocycles. The van der Waals surface area contributed by atoms with Gasteiger partial charge in [-0.15, -0.1) is 0 Å². The summed E-state index contributed by atoms with van der Waals surface area (Å²) in [6.45, 7) is 0. The summed E-state index contributed by atoms with van der Waals surface area (Å²) in [5, 5.41) is 3.46. The number of amides is 1. The van der Waals surface area contributed by atoms with E-state index in [4.69, 9.17) is 18.3 Å². The topological polar surface area (TPSA) is 90.9 Å². The van der Waals surface area contributed by atoms with Crippen LogP contribution in [0.25, 0.3) is 11.0 Å². The maximum absolute atomic E-state index is 13.1. The number of para-hydroxylation sites is 1. The minimum atomic E-state index is -0.998. The third-order valence-corrected chi connectivity index (χ3v) is 5.12. The molecule has 1 amide bonds. The molecule has 3 heterocycles. The van der Waals surface area contributed by atoms with Gasteiger partial charge in [0.05, 0.1) is 30.2 Å². The average molecular weight is 403 g/mol. The number of anilines is 1. The van der Waals surface area contributed by atoms with Crippen LogP contribution in [0.1, 0.15) is 17.2 Å². The summed E-state index contributed by atoms with van der Waals surface area (Å²) in [5.74, 6) is 0.342. The molecule has 0 spiro atoms. The van der Waals surface area contributed by atoms with Crippen LogP contribution in [-0.2, 0) is 4.79 Å². The zero-order valence-corrected chi connectivity index (χ0v) is 16.0. The first-order valence-corrected chi connectivity index (χ1v) is 9.36. The predicted octanol–water partition coefficient (Wildman–Crippen LogP) is 3.93. The predicted molar refractivity (Wildman–Crippen MR) is 109 cm³/mol. The molecule has 4 aromatic rings. The molecule has 1 aliphatic heterocycles. The fourth-order valence-electron chi connectivity index (χ4n) is 3.73. The third-order valence-electron chi connectivity index (χ3n) is 5.12. The lowest BCUT2D eigenvalue weighted by Gasteiger charge is -2.17. The Morgan fingerprint density at radius 2 is 1.83 bits per heavy atom. The van der Waals surface area contributed by atoms with Crippen molar-refractivity contribution in [1.29, 1.82) is 0 Å². The molecule has 1 N–H and O–H groups in total. The molecule has 0 aliphatic carbocycles. The standard InChI is InChI=1S/C23H17NO6/c1-27-14-10-8-13(9-11-14)24-22(25)21-18(17-7-4-12-28-17)19-20(30-21)15-5-2-3-6-16(15)29-23(19)26/h2-12,18,21H,1H3,(H,24,25)/t18-,21-/m1/s1. The largest absolute Gasteiger partial charge is 0.497 e. The molecule has 5 rings (SSSR count). The van der Waals surface area contributed by atoms with E-state index in [-0.39, 0.29) is 5.56 Å². The monoisotopic (exact) mass is 403 g/mol. The normalized spacial score (nSPS) is 17.4. The van der Waals surface area contributed by atoms with Crippen molar-refractivity contribution in [3.63, 3.8) is 0 Å². The zero-order valence-electron chi connectivity index (χ0n) is 16.0. The molecule has 0 saturated carbocycles. The fraction of sp³-hybridized carbons (Fsp3) is 0.130. The minimum absolute atomic E-state index is 0.276. The van der Waals surface area contributed by atoms with Gasteiger partial charge in [0, 0.05) is 5.69 Å². The summed E-state index contributed by atoms with van der Waals surface area (Å²) in [4.78, 5) is 25.9. The van der Waals surface area contributed by atoms with E-state index in [1.54, 1.807) is 61.7 Å². The Morgan fingerprint density at radius 3 is 2.57 bits per heavy atom. The highest BCUT2D eigenvalue weighted by molar-refractivity contribution is 5.97. The van der Waals surface area contributed by atoms with Gasteiger partial charge >= 0.3 is 5.63 Å². The van der Waals surface area contributed by atoms with E-state index < -0.39 is 23.6 Å². The van der Waals surface area contributed by atoms with Crippen molar-refractivity contribution in [2.24, 2.45) is 0 Å². The van der Waals surface area contributed by atoms with Crippen molar-refractivity contribution < 1.29 is 23.1 Å². The van der Waals surface area contributed by atoms with Gasteiger partial charge in [-0.1, -0.05) is 12.1 Å². The number of hydrogen-bond donors (Lipinski definition) is 1. The van der Waals surface area contributed by atoms with Gasteiger partial charge in [-0.05, 0) is 48.5 Å². The Labute approximate surface area is 170 Å². The van der Waals surface area contributed by atoms with Crippen molar-refractivity contribution in [3.8, 4) is 11.5 Å². The van der Waals surface area contributed by atoms with Crippen molar-refractivity contribution in [1.82, 2.24) is 0 Å². The molecule has 1 aliphatic rings. The first kappa shape index (κ1) is 18.1. The average Bonchev–Trinajstić information content (AvgIpc) is 3.42. The SMILES string of the molecule is COc1ccc(NC(=O)[C@@H]2Oc3c(c(=O)oc4ccccc34)[C@H]2c2ccco2)cc1. The second-order valence-electron chi connectivity index (χ2n) is 6.88. The van der Waals surface area contributed by atoms with Crippen LogP contribution in [0.15, 0.2) is 80.6 Å². The van der Waals surface area contributed by atoms with Crippen LogP contribution in [0.4, 0.5) is 5.69 Å². The molecule has 2 atom stereocenters. The van der Waals surface area contributed by atoms with E-state index in [1.165, 1.54) is 6.26 Å². The molecule has 30 heavy (non-hydrogen) atoms. The molecule has 0 radical (unpaired) electrons. The van der Waals surface area contributed by atoms with Gasteiger partial charge in [0.25, 0.3) is 5.91 Å². The van der Waals surface area contributed by atoms with Gasteiger partial charge in [-0.25, -0.2) is 4.79 Å². The highest BCUT2D eigenvalue weighted by atomic mass is 16.5. The molecule has 7 nitrogen and oxygen atoms in total. The number of methoxy groups -OCH3 is 1. The number of carbonyl (C=O) groups is 1. The minimum Gasteiger partial charge on any atom is -0.497 e. The van der Waals surface area contributed by atoms with Crippen molar-refractivity contribution in [2.45, 2.75) is 12.0 Å². The number of furan rings is 1. The molecule has 7 heteroatoms. The molecule has 2 aromatic heterocycles. The van der Waals surface area contributed by atoms with Gasteiger partial charge in [0.2, 0.25) is 0 Å². The Kier molecular flexibility index (Phi) is 4.28. The van der Waals surface area contributed by atoms with Gasteiger partial charge in [-0.2, -0.15) is 0 Å². The maximum Gasteiger partial charge on any atom is 0.344 e.